The summed E-state index contributed by atoms with van der Waals surface area (Å²) in [5, 5.41) is 2.46. The van der Waals surface area contributed by atoms with Gasteiger partial charge in [0.1, 0.15) is 0 Å². The number of hydrogen-bond acceptors (Lipinski definition) is 1. The number of anilines is 1. The Hall–Kier alpha value is -2.02. The van der Waals surface area contributed by atoms with E-state index in [1.165, 1.54) is 54.0 Å². The van der Waals surface area contributed by atoms with Gasteiger partial charge in [0.25, 0.3) is 0 Å². The number of rotatable bonds is 1. The minimum atomic E-state index is 0.773. The van der Waals surface area contributed by atoms with Crippen LogP contribution in [0.25, 0.3) is 16.3 Å². The Morgan fingerprint density at radius 2 is 1.81 bits per heavy atom. The standard InChI is InChI=1S/C20H21N/c21-20-13-12-18(17-9-3-4-10-19(17)20)16-11-5-7-14-6-1-2-8-15(14)16/h3-5,9-14H,1-2,6-8,21H2. The number of nitrogen functional groups attached to an aromatic ring is 1. The number of nitrogens with two attached hydrogens (primary N) is 1. The van der Waals surface area contributed by atoms with Crippen LogP contribution in [0.4, 0.5) is 5.69 Å². The summed E-state index contributed by atoms with van der Waals surface area (Å²) < 4.78 is 0. The average Bonchev–Trinajstić information content (AvgIpc) is 2.55. The zero-order valence-corrected chi connectivity index (χ0v) is 12.3. The normalized spacial score (nSPS) is 21.6. The lowest BCUT2D eigenvalue weighted by Crippen LogP contribution is -2.13. The molecule has 2 aromatic carbocycles. The van der Waals surface area contributed by atoms with Crippen LogP contribution in [0.2, 0.25) is 0 Å². The fraction of sp³-hybridized carbons (Fsp3) is 0.300. The Balaban J connectivity index is 1.96. The van der Waals surface area contributed by atoms with Crippen molar-refractivity contribution in [3.63, 3.8) is 0 Å². The minimum Gasteiger partial charge on any atom is -0.398 e. The van der Waals surface area contributed by atoms with Gasteiger partial charge >= 0.3 is 0 Å². The van der Waals surface area contributed by atoms with Crippen LogP contribution in [0.1, 0.15) is 37.7 Å². The van der Waals surface area contributed by atoms with Gasteiger partial charge in [-0.1, -0.05) is 54.5 Å². The monoisotopic (exact) mass is 275 g/mol. The lowest BCUT2D eigenvalue weighted by molar-refractivity contribution is 0.456. The first-order valence-corrected chi connectivity index (χ1v) is 8.02. The largest absolute Gasteiger partial charge is 0.398 e. The van der Waals surface area contributed by atoms with Gasteiger partial charge in [0, 0.05) is 11.1 Å². The molecule has 4 rings (SSSR count). The second-order valence-electron chi connectivity index (χ2n) is 6.27. The Bertz CT molecular complexity index is 752. The van der Waals surface area contributed by atoms with Crippen LogP contribution in [-0.4, -0.2) is 0 Å². The molecule has 106 valence electrons. The third-order valence-electron chi connectivity index (χ3n) is 5.04. The molecule has 2 aromatic rings. The van der Waals surface area contributed by atoms with Gasteiger partial charge < -0.3 is 5.73 Å². The third kappa shape index (κ3) is 2.08. The Kier molecular flexibility index (Phi) is 3.07. The van der Waals surface area contributed by atoms with Crippen LogP contribution in [0.5, 0.6) is 0 Å². The van der Waals surface area contributed by atoms with Crippen molar-refractivity contribution in [1.82, 2.24) is 0 Å². The maximum absolute atomic E-state index is 6.15. The van der Waals surface area contributed by atoms with E-state index in [2.05, 4.69) is 48.6 Å². The van der Waals surface area contributed by atoms with Crippen LogP contribution in [-0.2, 0) is 0 Å². The van der Waals surface area contributed by atoms with Gasteiger partial charge in [0.05, 0.1) is 0 Å². The Morgan fingerprint density at radius 1 is 0.952 bits per heavy atom. The van der Waals surface area contributed by atoms with E-state index in [-0.39, 0.29) is 0 Å². The molecule has 2 aliphatic rings. The number of allylic oxidation sites excluding steroid dienone is 4. The maximum atomic E-state index is 6.15. The molecule has 1 saturated carbocycles. The maximum Gasteiger partial charge on any atom is 0.0394 e. The summed E-state index contributed by atoms with van der Waals surface area (Å²) in [7, 11) is 0. The number of benzene rings is 2. The Morgan fingerprint density at radius 3 is 2.71 bits per heavy atom. The highest BCUT2D eigenvalue weighted by molar-refractivity contribution is 6.02. The summed E-state index contributed by atoms with van der Waals surface area (Å²) >= 11 is 0. The summed E-state index contributed by atoms with van der Waals surface area (Å²) in [6.45, 7) is 0. The molecular formula is C20H21N. The van der Waals surface area contributed by atoms with Crippen molar-refractivity contribution in [1.29, 1.82) is 0 Å². The molecule has 2 aliphatic carbocycles. The fourth-order valence-corrected chi connectivity index (χ4v) is 3.98. The van der Waals surface area contributed by atoms with Gasteiger partial charge in [-0.3, -0.25) is 0 Å². The van der Waals surface area contributed by atoms with E-state index >= 15 is 0 Å². The van der Waals surface area contributed by atoms with Gasteiger partial charge in [0.2, 0.25) is 0 Å². The van der Waals surface area contributed by atoms with Crippen molar-refractivity contribution >= 4 is 22.0 Å². The van der Waals surface area contributed by atoms with Gasteiger partial charge in [0.15, 0.2) is 0 Å². The van der Waals surface area contributed by atoms with E-state index in [1.54, 1.807) is 5.57 Å². The van der Waals surface area contributed by atoms with Crippen LogP contribution in [0.15, 0.2) is 54.1 Å². The number of fused-ring (bicyclic) bond motifs is 2. The second-order valence-corrected chi connectivity index (χ2v) is 6.27. The molecular weight excluding hydrogens is 254 g/mol. The molecule has 0 aliphatic heterocycles. The highest BCUT2D eigenvalue weighted by Crippen LogP contribution is 2.42. The Labute approximate surface area is 126 Å². The van der Waals surface area contributed by atoms with E-state index in [0.29, 0.717) is 0 Å². The zero-order valence-electron chi connectivity index (χ0n) is 12.3. The molecule has 1 unspecified atom stereocenters. The zero-order chi connectivity index (χ0) is 14.2. The van der Waals surface area contributed by atoms with Crippen molar-refractivity contribution in [3.8, 4) is 0 Å². The molecule has 0 heterocycles. The van der Waals surface area contributed by atoms with E-state index in [9.17, 15) is 0 Å². The molecule has 1 fully saturated rings. The predicted octanol–water partition coefficient (Wildman–Crippen LogP) is 5.33. The van der Waals surface area contributed by atoms with E-state index < -0.39 is 0 Å². The van der Waals surface area contributed by atoms with Crippen LogP contribution < -0.4 is 5.73 Å². The topological polar surface area (TPSA) is 26.0 Å². The predicted molar refractivity (Wildman–Crippen MR) is 91.0 cm³/mol. The molecule has 0 spiro atoms. The van der Waals surface area contributed by atoms with Gasteiger partial charge in [-0.15, -0.1) is 0 Å². The van der Waals surface area contributed by atoms with E-state index in [0.717, 1.165) is 11.6 Å². The smallest absolute Gasteiger partial charge is 0.0394 e. The first kappa shape index (κ1) is 12.7. The van der Waals surface area contributed by atoms with Gasteiger partial charge in [-0.05, 0) is 54.2 Å². The van der Waals surface area contributed by atoms with Crippen molar-refractivity contribution in [2.75, 3.05) is 5.73 Å². The van der Waals surface area contributed by atoms with Crippen LogP contribution >= 0.6 is 0 Å². The average molecular weight is 275 g/mol. The van der Waals surface area contributed by atoms with E-state index in [1.807, 2.05) is 0 Å². The fourth-order valence-electron chi connectivity index (χ4n) is 3.98. The molecule has 21 heavy (non-hydrogen) atoms. The molecule has 1 atom stereocenters. The van der Waals surface area contributed by atoms with Gasteiger partial charge in [-0.25, -0.2) is 0 Å². The molecule has 0 radical (unpaired) electrons. The molecule has 1 heteroatoms. The summed E-state index contributed by atoms with van der Waals surface area (Å²) in [6, 6.07) is 12.8. The lowest BCUT2D eigenvalue weighted by atomic mass is 9.75. The van der Waals surface area contributed by atoms with Crippen molar-refractivity contribution < 1.29 is 0 Å². The molecule has 0 saturated heterocycles. The first-order valence-electron chi connectivity index (χ1n) is 8.02. The summed E-state index contributed by atoms with van der Waals surface area (Å²) in [6.07, 6.45) is 11.3. The van der Waals surface area contributed by atoms with Crippen molar-refractivity contribution in [2.24, 2.45) is 5.92 Å². The summed E-state index contributed by atoms with van der Waals surface area (Å²) in [5.74, 6) is 0.773. The van der Waals surface area contributed by atoms with Gasteiger partial charge in [-0.2, -0.15) is 0 Å². The molecule has 1 nitrogen and oxygen atoms in total. The van der Waals surface area contributed by atoms with Crippen LogP contribution in [0.3, 0.4) is 0 Å². The van der Waals surface area contributed by atoms with Crippen LogP contribution in [0, 0.1) is 5.92 Å². The quantitative estimate of drug-likeness (QED) is 0.700. The highest BCUT2D eigenvalue weighted by atomic mass is 14.5. The van der Waals surface area contributed by atoms with Crippen molar-refractivity contribution in [3.05, 3.63) is 59.7 Å². The molecule has 0 aromatic heterocycles. The number of hydrogen-bond donors (Lipinski definition) is 1. The highest BCUT2D eigenvalue weighted by Gasteiger charge is 2.24. The molecule has 0 bridgehead atoms. The lowest BCUT2D eigenvalue weighted by Gasteiger charge is -2.30. The first-order chi connectivity index (χ1) is 10.3. The van der Waals surface area contributed by atoms with Crippen molar-refractivity contribution in [2.45, 2.75) is 32.1 Å². The molecule has 0 amide bonds. The molecule has 2 N–H and O–H groups in total. The second kappa shape index (κ2) is 5.07. The van der Waals surface area contributed by atoms with E-state index in [4.69, 9.17) is 5.73 Å². The SMILES string of the molecule is Nc1ccc(C2=C3CCCCC3CC=C2)c2ccccc12. The summed E-state index contributed by atoms with van der Waals surface area (Å²) in [5.41, 5.74) is 11.5. The summed E-state index contributed by atoms with van der Waals surface area (Å²) in [4.78, 5) is 0. The minimum absolute atomic E-state index is 0.773. The third-order valence-corrected chi connectivity index (χ3v) is 5.04.